The van der Waals surface area contributed by atoms with E-state index in [1.165, 1.54) is 34.7 Å². The number of ether oxygens (including phenoxy) is 1. The number of hydrogen-bond donors (Lipinski definition) is 1. The molecule has 0 bridgehead atoms. The van der Waals surface area contributed by atoms with E-state index < -0.39 is 23.2 Å². The van der Waals surface area contributed by atoms with Crippen molar-refractivity contribution in [2.45, 2.75) is 44.0 Å². The second-order valence-corrected chi connectivity index (χ2v) is 11.3. The number of likely N-dealkylation sites (N-methyl/N-ethyl adjacent to an activating group) is 1. The normalized spacial score (nSPS) is 16.7. The third kappa shape index (κ3) is 6.74. The minimum absolute atomic E-state index is 0.0739. The molecule has 4 aromatic rings. The molecule has 2 aromatic carbocycles. The first-order valence-electron chi connectivity index (χ1n) is 14.5. The predicted octanol–water partition coefficient (Wildman–Crippen LogP) is 4.74. The summed E-state index contributed by atoms with van der Waals surface area (Å²) < 4.78 is 50.2. The summed E-state index contributed by atoms with van der Waals surface area (Å²) in [5, 5.41) is 7.30. The maximum Gasteiger partial charge on any atom is 0.416 e. The lowest BCUT2D eigenvalue weighted by Gasteiger charge is -2.29. The van der Waals surface area contributed by atoms with Crippen molar-refractivity contribution in [3.8, 4) is 22.8 Å². The van der Waals surface area contributed by atoms with Crippen LogP contribution in [0.3, 0.4) is 0 Å². The van der Waals surface area contributed by atoms with Crippen LogP contribution in [0.15, 0.2) is 65.6 Å². The van der Waals surface area contributed by atoms with E-state index in [1.54, 1.807) is 49.3 Å². The Morgan fingerprint density at radius 1 is 1.07 bits per heavy atom. The van der Waals surface area contributed by atoms with Crippen LogP contribution in [0.1, 0.15) is 41.6 Å². The lowest BCUT2D eigenvalue weighted by Crippen LogP contribution is -2.41. The first kappa shape index (κ1) is 32.2. The number of amides is 1. The van der Waals surface area contributed by atoms with Gasteiger partial charge in [-0.1, -0.05) is 18.2 Å². The lowest BCUT2D eigenvalue weighted by molar-refractivity contribution is -0.151. The van der Waals surface area contributed by atoms with Crippen molar-refractivity contribution < 1.29 is 27.5 Å². The van der Waals surface area contributed by atoms with Gasteiger partial charge in [-0.3, -0.25) is 24.0 Å². The summed E-state index contributed by atoms with van der Waals surface area (Å²) in [6.07, 6.45) is -1.41. The Balaban J connectivity index is 1.52. The number of nitrogens with zero attached hydrogens (tertiary/aromatic N) is 6. The van der Waals surface area contributed by atoms with Crippen LogP contribution in [0.4, 0.5) is 18.9 Å². The molecule has 240 valence electrons. The van der Waals surface area contributed by atoms with E-state index in [0.29, 0.717) is 42.8 Å². The van der Waals surface area contributed by atoms with Gasteiger partial charge >= 0.3 is 12.1 Å². The van der Waals surface area contributed by atoms with E-state index in [-0.39, 0.29) is 41.6 Å². The molecule has 11 nitrogen and oxygen atoms in total. The van der Waals surface area contributed by atoms with Crippen molar-refractivity contribution in [1.82, 2.24) is 29.4 Å². The average Bonchev–Trinajstić information content (AvgIpc) is 3.59. The van der Waals surface area contributed by atoms with Crippen LogP contribution in [-0.4, -0.2) is 68.7 Å². The summed E-state index contributed by atoms with van der Waals surface area (Å²) in [6, 6.07) is 12.1. The zero-order valence-electron chi connectivity index (χ0n) is 25.4. The summed E-state index contributed by atoms with van der Waals surface area (Å²) >= 11 is 0. The molecule has 0 atom stereocenters. The van der Waals surface area contributed by atoms with Gasteiger partial charge in [0.25, 0.3) is 11.5 Å². The summed E-state index contributed by atoms with van der Waals surface area (Å²) in [6.45, 7) is 7.38. The van der Waals surface area contributed by atoms with Crippen molar-refractivity contribution in [3.63, 3.8) is 0 Å². The molecule has 2 heterocycles. The standard InChI is InChI=1S/C32H32F3N7O4/c1-36-21-8-12-23(13-9-21)41-26(16-17-37-41)29-28(30(44)38-22-10-14-25(15-11-22)46-27(43)19-39(2)3)31(45)42(40(29)4)24-7-5-6-20(18-24)32(33,34)35/h5-9,12-13,16-18,22,25H,10-11,14-15,19H2,2-4H3,(H,38,44). The first-order chi connectivity index (χ1) is 21.9. The Morgan fingerprint density at radius 3 is 2.39 bits per heavy atom. The number of carbonyl (C=O) groups is 2. The molecule has 5 rings (SSSR count). The van der Waals surface area contributed by atoms with Gasteiger partial charge in [0.05, 0.1) is 41.9 Å². The van der Waals surface area contributed by atoms with Crippen LogP contribution >= 0.6 is 0 Å². The van der Waals surface area contributed by atoms with Gasteiger partial charge in [0, 0.05) is 13.1 Å². The molecule has 14 heteroatoms. The van der Waals surface area contributed by atoms with E-state index >= 15 is 0 Å². The molecule has 0 unspecified atom stereocenters. The van der Waals surface area contributed by atoms with E-state index in [9.17, 15) is 27.6 Å². The molecule has 0 spiro atoms. The number of alkyl halides is 3. The van der Waals surface area contributed by atoms with Gasteiger partial charge in [0.2, 0.25) is 0 Å². The fourth-order valence-corrected chi connectivity index (χ4v) is 5.63. The fraction of sp³-hybridized carbons (Fsp3) is 0.344. The van der Waals surface area contributed by atoms with Crippen LogP contribution in [-0.2, 0) is 22.8 Å². The van der Waals surface area contributed by atoms with Crippen molar-refractivity contribution in [3.05, 3.63) is 93.7 Å². The molecule has 0 aliphatic heterocycles. The van der Waals surface area contributed by atoms with Crippen LogP contribution in [0, 0.1) is 6.57 Å². The maximum atomic E-state index is 14.0. The van der Waals surface area contributed by atoms with Crippen LogP contribution < -0.4 is 10.9 Å². The largest absolute Gasteiger partial charge is 0.461 e. The molecule has 1 N–H and O–H groups in total. The number of rotatable bonds is 8. The Labute approximate surface area is 262 Å². The van der Waals surface area contributed by atoms with Gasteiger partial charge < -0.3 is 10.1 Å². The summed E-state index contributed by atoms with van der Waals surface area (Å²) in [7, 11) is 5.02. The average molecular weight is 636 g/mol. The van der Waals surface area contributed by atoms with Gasteiger partial charge in [-0.05, 0) is 76.2 Å². The van der Waals surface area contributed by atoms with Gasteiger partial charge in [-0.25, -0.2) is 14.2 Å². The fourth-order valence-electron chi connectivity index (χ4n) is 5.63. The van der Waals surface area contributed by atoms with E-state index in [2.05, 4.69) is 15.3 Å². The molecule has 1 amide bonds. The van der Waals surface area contributed by atoms with Gasteiger partial charge in [-0.15, -0.1) is 0 Å². The Morgan fingerprint density at radius 2 is 1.76 bits per heavy atom. The topological polar surface area (TPSA) is 108 Å². The number of carbonyl (C=O) groups excluding carboxylic acids is 2. The highest BCUT2D eigenvalue weighted by Gasteiger charge is 2.33. The molecular weight excluding hydrogens is 603 g/mol. The third-order valence-corrected chi connectivity index (χ3v) is 7.77. The molecule has 1 aliphatic rings. The van der Waals surface area contributed by atoms with Crippen molar-refractivity contribution in [2.24, 2.45) is 7.05 Å². The van der Waals surface area contributed by atoms with Crippen molar-refractivity contribution in [1.29, 1.82) is 0 Å². The quantitative estimate of drug-likeness (QED) is 0.221. The van der Waals surface area contributed by atoms with Crippen LogP contribution in [0.5, 0.6) is 0 Å². The summed E-state index contributed by atoms with van der Waals surface area (Å²) in [5.74, 6) is -1.02. The second-order valence-electron chi connectivity index (χ2n) is 11.3. The Kier molecular flexibility index (Phi) is 9.15. The van der Waals surface area contributed by atoms with E-state index in [4.69, 9.17) is 11.3 Å². The van der Waals surface area contributed by atoms with Gasteiger partial charge in [-0.2, -0.15) is 18.3 Å². The zero-order valence-corrected chi connectivity index (χ0v) is 25.4. The van der Waals surface area contributed by atoms with Gasteiger partial charge in [0.1, 0.15) is 17.4 Å². The predicted molar refractivity (Wildman–Crippen MR) is 163 cm³/mol. The molecular formula is C32H32F3N7O4. The monoisotopic (exact) mass is 635 g/mol. The zero-order chi connectivity index (χ0) is 33.2. The van der Waals surface area contributed by atoms with Crippen molar-refractivity contribution >= 4 is 17.6 Å². The highest BCUT2D eigenvalue weighted by Crippen LogP contribution is 2.32. The molecule has 0 radical (unpaired) electrons. The Hall–Kier alpha value is -5.16. The smallest absolute Gasteiger partial charge is 0.416 e. The van der Waals surface area contributed by atoms with E-state index in [0.717, 1.165) is 16.8 Å². The number of benzene rings is 2. The number of aromatic nitrogens is 4. The van der Waals surface area contributed by atoms with Crippen molar-refractivity contribution in [2.75, 3.05) is 20.6 Å². The summed E-state index contributed by atoms with van der Waals surface area (Å²) in [4.78, 5) is 45.1. The third-order valence-electron chi connectivity index (χ3n) is 7.77. The molecule has 1 fully saturated rings. The summed E-state index contributed by atoms with van der Waals surface area (Å²) in [5.41, 5.74) is -0.673. The SMILES string of the molecule is [C-]#[N+]c1ccc(-n2nccc2-c2c(C(=O)NC3CCC(OC(=O)CN(C)C)CC3)c(=O)n(-c3cccc(C(F)(F)F)c3)n2C)cc1. The molecule has 46 heavy (non-hydrogen) atoms. The molecule has 1 aliphatic carbocycles. The molecule has 2 aromatic heterocycles. The number of hydrogen-bond acceptors (Lipinski definition) is 6. The maximum absolute atomic E-state index is 14.0. The minimum Gasteiger partial charge on any atom is -0.461 e. The molecule has 0 saturated heterocycles. The van der Waals surface area contributed by atoms with Gasteiger partial charge in [0.15, 0.2) is 5.69 Å². The minimum atomic E-state index is -4.65. The highest BCUT2D eigenvalue weighted by atomic mass is 19.4. The second kappa shape index (κ2) is 13.1. The highest BCUT2D eigenvalue weighted by molar-refractivity contribution is 6.00. The first-order valence-corrected chi connectivity index (χ1v) is 14.5. The van der Waals surface area contributed by atoms with E-state index in [1.807, 2.05) is 0 Å². The number of halogens is 3. The number of nitrogens with one attached hydrogen (secondary N) is 1. The molecule has 1 saturated carbocycles. The lowest BCUT2D eigenvalue weighted by atomic mass is 9.92. The van der Waals surface area contributed by atoms with Crippen LogP contribution in [0.2, 0.25) is 0 Å². The Bertz CT molecular complexity index is 1840. The van der Waals surface area contributed by atoms with Crippen LogP contribution in [0.25, 0.3) is 27.6 Å². The number of esters is 1.